The summed E-state index contributed by atoms with van der Waals surface area (Å²) in [6.45, 7) is 1.99. The van der Waals surface area contributed by atoms with E-state index in [-0.39, 0.29) is 6.10 Å². The molecule has 2 rings (SSSR count). The molecule has 1 aromatic heterocycles. The van der Waals surface area contributed by atoms with E-state index < -0.39 is 0 Å². The van der Waals surface area contributed by atoms with Crippen LogP contribution < -0.4 is 0 Å². The van der Waals surface area contributed by atoms with Crippen LogP contribution in [0.2, 0.25) is 0 Å². The summed E-state index contributed by atoms with van der Waals surface area (Å²) in [5.74, 6) is 0. The van der Waals surface area contributed by atoms with E-state index in [1.165, 1.54) is 9.10 Å². The predicted molar refractivity (Wildman–Crippen MR) is 70.1 cm³/mol. The third-order valence-electron chi connectivity index (χ3n) is 2.37. The quantitative estimate of drug-likeness (QED) is 0.871. The standard InChI is InChI=1S/C13H14OS2/c1-2-12(14)10-5-7-11(8-6-10)16-13-4-3-9-15-13/h3-9,12,14H,2H2,1H3/t12-/m0/s1. The second-order valence-electron chi connectivity index (χ2n) is 3.53. The highest BCUT2D eigenvalue weighted by Gasteiger charge is 2.04. The van der Waals surface area contributed by atoms with Crippen molar-refractivity contribution in [2.24, 2.45) is 0 Å². The molecule has 1 nitrogen and oxygen atoms in total. The summed E-state index contributed by atoms with van der Waals surface area (Å²) in [5.41, 5.74) is 0.998. The van der Waals surface area contributed by atoms with E-state index in [0.717, 1.165) is 12.0 Å². The van der Waals surface area contributed by atoms with E-state index in [0.29, 0.717) is 0 Å². The normalized spacial score (nSPS) is 12.6. The lowest BCUT2D eigenvalue weighted by Crippen LogP contribution is -1.93. The Labute approximate surface area is 104 Å². The van der Waals surface area contributed by atoms with E-state index in [2.05, 4.69) is 29.6 Å². The highest BCUT2D eigenvalue weighted by atomic mass is 32.2. The largest absolute Gasteiger partial charge is 0.388 e. The first-order valence-corrected chi connectivity index (χ1v) is 6.98. The van der Waals surface area contributed by atoms with Gasteiger partial charge in [0.1, 0.15) is 0 Å². The molecule has 0 bridgehead atoms. The molecule has 0 saturated heterocycles. The van der Waals surface area contributed by atoms with Gasteiger partial charge in [-0.15, -0.1) is 11.3 Å². The van der Waals surface area contributed by atoms with Gasteiger partial charge in [0.05, 0.1) is 10.3 Å². The minimum absolute atomic E-state index is 0.333. The molecule has 1 heterocycles. The number of aliphatic hydroxyl groups excluding tert-OH is 1. The Morgan fingerprint density at radius 1 is 1.25 bits per heavy atom. The van der Waals surface area contributed by atoms with Gasteiger partial charge in [0.25, 0.3) is 0 Å². The van der Waals surface area contributed by atoms with Crippen LogP contribution in [-0.2, 0) is 0 Å². The average Bonchev–Trinajstić information content (AvgIpc) is 2.82. The summed E-state index contributed by atoms with van der Waals surface area (Å²) in [5, 5.41) is 11.8. The van der Waals surface area contributed by atoms with Gasteiger partial charge in [-0.2, -0.15) is 0 Å². The van der Waals surface area contributed by atoms with Crippen molar-refractivity contribution >= 4 is 23.1 Å². The Morgan fingerprint density at radius 3 is 2.56 bits per heavy atom. The zero-order valence-corrected chi connectivity index (χ0v) is 10.7. The van der Waals surface area contributed by atoms with Crippen LogP contribution in [0.4, 0.5) is 0 Å². The van der Waals surface area contributed by atoms with Crippen molar-refractivity contribution in [1.82, 2.24) is 0 Å². The van der Waals surface area contributed by atoms with Crippen molar-refractivity contribution in [3.05, 3.63) is 47.3 Å². The van der Waals surface area contributed by atoms with Gasteiger partial charge in [-0.3, -0.25) is 0 Å². The molecule has 3 heteroatoms. The van der Waals surface area contributed by atoms with Gasteiger partial charge in [-0.25, -0.2) is 0 Å². The highest BCUT2D eigenvalue weighted by Crippen LogP contribution is 2.31. The van der Waals surface area contributed by atoms with Crippen LogP contribution >= 0.6 is 23.1 Å². The first-order valence-electron chi connectivity index (χ1n) is 5.29. The molecule has 0 saturated carbocycles. The first kappa shape index (κ1) is 11.7. The van der Waals surface area contributed by atoms with Crippen LogP contribution in [0, 0.1) is 0 Å². The molecular formula is C13H14OS2. The molecule has 0 spiro atoms. The molecule has 0 aliphatic carbocycles. The molecule has 0 aliphatic rings. The minimum atomic E-state index is -0.333. The van der Waals surface area contributed by atoms with Crippen LogP contribution in [0.15, 0.2) is 50.9 Å². The van der Waals surface area contributed by atoms with Crippen LogP contribution in [0.5, 0.6) is 0 Å². The van der Waals surface area contributed by atoms with Crippen LogP contribution in [0.3, 0.4) is 0 Å². The summed E-state index contributed by atoms with van der Waals surface area (Å²) in [4.78, 5) is 1.22. The molecule has 1 aromatic carbocycles. The smallest absolute Gasteiger partial charge is 0.0787 e. The lowest BCUT2D eigenvalue weighted by atomic mass is 10.1. The van der Waals surface area contributed by atoms with E-state index in [1.54, 1.807) is 23.1 Å². The Kier molecular flexibility index (Phi) is 4.04. The average molecular weight is 250 g/mol. The lowest BCUT2D eigenvalue weighted by Gasteiger charge is -2.08. The van der Waals surface area contributed by atoms with Crippen molar-refractivity contribution in [3.63, 3.8) is 0 Å². The summed E-state index contributed by atoms with van der Waals surface area (Å²) < 4.78 is 1.30. The van der Waals surface area contributed by atoms with E-state index >= 15 is 0 Å². The molecule has 0 radical (unpaired) electrons. The third-order valence-corrected chi connectivity index (χ3v) is 4.41. The maximum Gasteiger partial charge on any atom is 0.0787 e. The fourth-order valence-corrected chi connectivity index (χ4v) is 3.18. The molecule has 84 valence electrons. The maximum absolute atomic E-state index is 9.67. The Balaban J connectivity index is 2.07. The fourth-order valence-electron chi connectivity index (χ4n) is 1.43. The molecular weight excluding hydrogens is 236 g/mol. The Bertz CT molecular complexity index is 420. The minimum Gasteiger partial charge on any atom is -0.388 e. The molecule has 0 unspecified atom stereocenters. The number of aliphatic hydroxyl groups is 1. The maximum atomic E-state index is 9.67. The van der Waals surface area contributed by atoms with Gasteiger partial charge in [-0.05, 0) is 35.6 Å². The summed E-state index contributed by atoms with van der Waals surface area (Å²) in [6, 6.07) is 12.3. The van der Waals surface area contributed by atoms with Gasteiger partial charge < -0.3 is 5.11 Å². The molecule has 0 amide bonds. The number of rotatable bonds is 4. The molecule has 16 heavy (non-hydrogen) atoms. The van der Waals surface area contributed by atoms with E-state index in [4.69, 9.17) is 0 Å². The lowest BCUT2D eigenvalue weighted by molar-refractivity contribution is 0.173. The van der Waals surface area contributed by atoms with Gasteiger partial charge in [0.2, 0.25) is 0 Å². The molecule has 0 fully saturated rings. The molecule has 1 atom stereocenters. The topological polar surface area (TPSA) is 20.2 Å². The number of benzene rings is 1. The third kappa shape index (κ3) is 2.88. The predicted octanol–water partition coefficient (Wildman–Crippen LogP) is 4.34. The van der Waals surface area contributed by atoms with Crippen molar-refractivity contribution in [2.45, 2.75) is 28.6 Å². The van der Waals surface area contributed by atoms with Crippen LogP contribution in [0.25, 0.3) is 0 Å². The fraction of sp³-hybridized carbons (Fsp3) is 0.231. The highest BCUT2D eigenvalue weighted by molar-refractivity contribution is 8.01. The Morgan fingerprint density at radius 2 is 2.00 bits per heavy atom. The van der Waals surface area contributed by atoms with Gasteiger partial charge in [-0.1, -0.05) is 36.9 Å². The second kappa shape index (κ2) is 5.53. The van der Waals surface area contributed by atoms with Crippen LogP contribution in [-0.4, -0.2) is 5.11 Å². The van der Waals surface area contributed by atoms with Crippen molar-refractivity contribution in [3.8, 4) is 0 Å². The van der Waals surface area contributed by atoms with E-state index in [9.17, 15) is 5.11 Å². The first-order chi connectivity index (χ1) is 7.79. The molecule has 2 aromatic rings. The van der Waals surface area contributed by atoms with Crippen LogP contribution in [0.1, 0.15) is 25.0 Å². The Hall–Kier alpha value is -0.770. The van der Waals surface area contributed by atoms with Gasteiger partial charge in [0, 0.05) is 4.90 Å². The SMILES string of the molecule is CC[C@H](O)c1ccc(Sc2cccs2)cc1. The van der Waals surface area contributed by atoms with Crippen molar-refractivity contribution in [1.29, 1.82) is 0 Å². The summed E-state index contributed by atoms with van der Waals surface area (Å²) in [6.07, 6.45) is 0.429. The second-order valence-corrected chi connectivity index (χ2v) is 5.85. The summed E-state index contributed by atoms with van der Waals surface area (Å²) >= 11 is 3.51. The number of hydrogen-bond donors (Lipinski definition) is 1. The zero-order valence-electron chi connectivity index (χ0n) is 9.09. The zero-order chi connectivity index (χ0) is 11.4. The van der Waals surface area contributed by atoms with Crippen molar-refractivity contribution < 1.29 is 5.11 Å². The monoisotopic (exact) mass is 250 g/mol. The summed E-state index contributed by atoms with van der Waals surface area (Å²) in [7, 11) is 0. The van der Waals surface area contributed by atoms with Gasteiger partial charge >= 0.3 is 0 Å². The number of hydrogen-bond acceptors (Lipinski definition) is 3. The molecule has 0 aliphatic heterocycles. The number of thiophene rings is 1. The molecule has 1 N–H and O–H groups in total. The van der Waals surface area contributed by atoms with Crippen molar-refractivity contribution in [2.75, 3.05) is 0 Å². The van der Waals surface area contributed by atoms with E-state index in [1.807, 2.05) is 19.1 Å². The van der Waals surface area contributed by atoms with Gasteiger partial charge in [0.15, 0.2) is 0 Å².